The minimum Gasteiger partial charge on any atom is -0.457 e. The van der Waals surface area contributed by atoms with E-state index in [9.17, 15) is 5.48 Å². The third kappa shape index (κ3) is 4.92. The second-order valence-corrected chi connectivity index (χ2v) is 17.8. The molecule has 0 saturated heterocycles. The van der Waals surface area contributed by atoms with E-state index >= 15 is 0 Å². The molecule has 4 nitrogen and oxygen atoms in total. The summed E-state index contributed by atoms with van der Waals surface area (Å²) < 4.78 is 75.9. The van der Waals surface area contributed by atoms with Gasteiger partial charge >= 0.3 is 0 Å². The van der Waals surface area contributed by atoms with E-state index in [2.05, 4.69) is 75.7 Å². The molecule has 0 N–H and O–H groups in total. The van der Waals surface area contributed by atoms with Gasteiger partial charge in [-0.3, -0.25) is 8.97 Å². The number of para-hydroxylation sites is 6. The summed E-state index contributed by atoms with van der Waals surface area (Å²) in [5.74, 6) is 1.41. The third-order valence-corrected chi connectivity index (χ3v) is 16.0. The van der Waals surface area contributed by atoms with Gasteiger partial charge < -0.3 is 4.74 Å². The Balaban J connectivity index is 1.34. The number of hydrogen-bond acceptors (Lipinski definition) is 2. The second kappa shape index (κ2) is 13.3. The number of aromatic nitrogens is 3. The third-order valence-electron chi connectivity index (χ3n) is 11.2. The van der Waals surface area contributed by atoms with Crippen LogP contribution in [0.4, 0.5) is 0 Å². The van der Waals surface area contributed by atoms with Crippen LogP contribution < -0.4 is 25.5 Å². The van der Waals surface area contributed by atoms with Gasteiger partial charge in [0, 0.05) is 31.8 Å². The van der Waals surface area contributed by atoms with E-state index in [4.69, 9.17) is 13.8 Å². The average molecular weight is 737 g/mol. The molecule has 0 saturated carbocycles. The SMILES string of the molecule is [2H]C([2H])([2H])CC([2H])([2H])C1(C([2H])([2H])CC)c2ccccc2Oc2c1cccc2[Si](c1ccccc1)(c1ccccc1)c1cccc(-n2c3ccccc3n3c4ccccc4nc23)c1. The molecule has 0 bridgehead atoms. The monoisotopic (exact) mass is 736 g/mol. The summed E-state index contributed by atoms with van der Waals surface area (Å²) in [6.07, 6.45) is -5.84. The molecule has 5 heteroatoms. The van der Waals surface area contributed by atoms with Crippen molar-refractivity contribution < 1.29 is 14.3 Å². The highest BCUT2D eigenvalue weighted by Gasteiger charge is 2.48. The molecule has 1 unspecified atom stereocenters. The van der Waals surface area contributed by atoms with E-state index in [0.29, 0.717) is 11.5 Å². The first-order valence-corrected chi connectivity index (χ1v) is 20.8. The van der Waals surface area contributed by atoms with Crippen LogP contribution >= 0.6 is 0 Å². The molecule has 0 amide bonds. The number of rotatable bonds is 9. The quantitative estimate of drug-likeness (QED) is 0.109. The Morgan fingerprint density at radius 2 is 1.24 bits per heavy atom. The van der Waals surface area contributed by atoms with Gasteiger partial charge in [-0.25, -0.2) is 4.98 Å². The number of hydrogen-bond donors (Lipinski definition) is 0. The topological polar surface area (TPSA) is 31.5 Å². The summed E-state index contributed by atoms with van der Waals surface area (Å²) in [6, 6.07) is 58.3. The minimum atomic E-state index is -3.57. The van der Waals surface area contributed by atoms with Crippen molar-refractivity contribution in [2.24, 2.45) is 0 Å². The van der Waals surface area contributed by atoms with Gasteiger partial charge in [-0.05, 0) is 76.0 Å². The van der Waals surface area contributed by atoms with E-state index in [1.54, 1.807) is 37.3 Å². The molecule has 0 aliphatic carbocycles. The standard InChI is InChI=1S/C50H43N3OSi/c1-3-33-50(34-4-2)40-25-11-16-31-46(40)54-48-41(50)26-18-32-47(48)55(37-20-7-5-8-21-37,38-22-9-6-10-23-38)39-24-17-19-36(35-39)52-44-29-14-15-30-45(44)53-43-28-13-12-27-42(43)51-49(52)53/h5-32,35H,3-4,33-34H2,1-2H3/i1D3,33D2,34D2. The summed E-state index contributed by atoms with van der Waals surface area (Å²) in [5.41, 5.74) is 3.29. The van der Waals surface area contributed by atoms with Crippen molar-refractivity contribution in [1.82, 2.24) is 14.0 Å². The molecular formula is C50H43N3OSi. The maximum atomic E-state index is 9.86. The summed E-state index contributed by atoms with van der Waals surface area (Å²) in [6.45, 7) is -1.01. The zero-order valence-corrected chi connectivity index (χ0v) is 31.4. The molecule has 10 rings (SSSR count). The van der Waals surface area contributed by atoms with Crippen LogP contribution in [0.15, 0.2) is 176 Å². The predicted octanol–water partition coefficient (Wildman–Crippen LogP) is 9.80. The Labute approximate surface area is 333 Å². The lowest BCUT2D eigenvalue weighted by Gasteiger charge is -2.43. The molecule has 0 radical (unpaired) electrons. The van der Waals surface area contributed by atoms with Gasteiger partial charge in [0.05, 0.1) is 22.1 Å². The Morgan fingerprint density at radius 3 is 2.00 bits per heavy atom. The molecule has 1 aliphatic rings. The maximum absolute atomic E-state index is 9.86. The minimum absolute atomic E-state index is 0.0877. The van der Waals surface area contributed by atoms with Crippen molar-refractivity contribution in [3.63, 3.8) is 0 Å². The van der Waals surface area contributed by atoms with Crippen LogP contribution in [0.25, 0.3) is 33.5 Å². The van der Waals surface area contributed by atoms with E-state index in [-0.39, 0.29) is 17.5 Å². The predicted molar refractivity (Wildman–Crippen MR) is 230 cm³/mol. The normalized spacial score (nSPS) is 17.9. The van der Waals surface area contributed by atoms with Crippen molar-refractivity contribution in [1.29, 1.82) is 0 Å². The van der Waals surface area contributed by atoms with E-state index in [1.165, 1.54) is 0 Å². The van der Waals surface area contributed by atoms with E-state index in [1.807, 2.05) is 78.9 Å². The number of nitrogens with zero attached hydrogens (tertiary/aromatic N) is 3. The smallest absolute Gasteiger partial charge is 0.220 e. The van der Waals surface area contributed by atoms with Crippen LogP contribution in [0.3, 0.4) is 0 Å². The number of benzene rings is 7. The first-order valence-electron chi connectivity index (χ1n) is 22.3. The van der Waals surface area contributed by atoms with Crippen LogP contribution in [-0.4, -0.2) is 22.0 Å². The highest BCUT2D eigenvalue weighted by molar-refractivity contribution is 7.20. The van der Waals surface area contributed by atoms with Crippen molar-refractivity contribution in [3.05, 3.63) is 187 Å². The Kier molecular flexibility index (Phi) is 6.42. The molecule has 7 aromatic carbocycles. The van der Waals surface area contributed by atoms with Gasteiger partial charge in [0.15, 0.2) is 8.07 Å². The highest BCUT2D eigenvalue weighted by Crippen LogP contribution is 2.52. The fourth-order valence-electron chi connectivity index (χ4n) is 9.03. The largest absolute Gasteiger partial charge is 0.457 e. The fraction of sp³-hybridized carbons (Fsp3) is 0.140. The van der Waals surface area contributed by atoms with Crippen LogP contribution in [0, 0.1) is 0 Å². The lowest BCUT2D eigenvalue weighted by atomic mass is 9.67. The van der Waals surface area contributed by atoms with Crippen LogP contribution in [0.2, 0.25) is 0 Å². The molecule has 0 fully saturated rings. The summed E-state index contributed by atoms with van der Waals surface area (Å²) in [4.78, 5) is 5.18. The Morgan fingerprint density at radius 1 is 0.618 bits per heavy atom. The van der Waals surface area contributed by atoms with Crippen LogP contribution in [0.1, 0.15) is 60.1 Å². The highest BCUT2D eigenvalue weighted by atomic mass is 28.3. The molecule has 268 valence electrons. The van der Waals surface area contributed by atoms with Crippen molar-refractivity contribution >= 4 is 56.7 Å². The van der Waals surface area contributed by atoms with Gasteiger partial charge in [0.1, 0.15) is 11.5 Å². The summed E-state index contributed by atoms with van der Waals surface area (Å²) >= 11 is 0. The Bertz CT molecular complexity index is 3110. The fourth-order valence-corrected chi connectivity index (χ4v) is 13.9. The number of fused-ring (bicyclic) bond motifs is 7. The maximum Gasteiger partial charge on any atom is 0.220 e. The molecule has 55 heavy (non-hydrogen) atoms. The first kappa shape index (κ1) is 26.6. The molecule has 0 spiro atoms. The molecule has 1 aliphatic heterocycles. The van der Waals surface area contributed by atoms with Gasteiger partial charge in [-0.2, -0.15) is 0 Å². The molecular weight excluding hydrogens is 687 g/mol. The van der Waals surface area contributed by atoms with E-state index in [0.717, 1.165) is 54.3 Å². The van der Waals surface area contributed by atoms with Gasteiger partial charge in [-0.1, -0.05) is 160 Å². The van der Waals surface area contributed by atoms with Crippen molar-refractivity contribution in [2.75, 3.05) is 0 Å². The molecule has 1 atom stereocenters. The van der Waals surface area contributed by atoms with Gasteiger partial charge in [-0.15, -0.1) is 0 Å². The second-order valence-electron chi connectivity index (χ2n) is 14.0. The lowest BCUT2D eigenvalue weighted by molar-refractivity contribution is 0.354. The molecule has 3 heterocycles. The van der Waals surface area contributed by atoms with Crippen LogP contribution in [0.5, 0.6) is 11.5 Å². The average Bonchev–Trinajstić information content (AvgIpc) is 3.80. The Hall–Kier alpha value is -6.17. The first-order chi connectivity index (χ1) is 29.8. The lowest BCUT2D eigenvalue weighted by Crippen LogP contribution is -2.75. The zero-order chi connectivity index (χ0) is 43.1. The summed E-state index contributed by atoms with van der Waals surface area (Å²) in [5, 5.41) is 3.85. The van der Waals surface area contributed by atoms with E-state index < -0.39 is 39.5 Å². The van der Waals surface area contributed by atoms with Crippen molar-refractivity contribution in [2.45, 2.75) is 44.8 Å². The molecule has 2 aromatic heterocycles. The number of imidazole rings is 2. The van der Waals surface area contributed by atoms with Crippen molar-refractivity contribution in [3.8, 4) is 17.2 Å². The van der Waals surface area contributed by atoms with Gasteiger partial charge in [0.2, 0.25) is 5.78 Å². The number of ether oxygens (including phenoxy) is 1. The van der Waals surface area contributed by atoms with Gasteiger partial charge in [0.25, 0.3) is 0 Å². The molecule has 9 aromatic rings. The zero-order valence-electron chi connectivity index (χ0n) is 37.4. The summed E-state index contributed by atoms with van der Waals surface area (Å²) in [7, 11) is -3.57. The van der Waals surface area contributed by atoms with Crippen LogP contribution in [-0.2, 0) is 5.41 Å².